The number of hydrogen-bond acceptors (Lipinski definition) is 2. The van der Waals surface area contributed by atoms with Gasteiger partial charge in [-0.2, -0.15) is 0 Å². The first-order chi connectivity index (χ1) is 30.3. The molecule has 0 atom stereocenters. The van der Waals surface area contributed by atoms with Crippen molar-refractivity contribution in [1.29, 1.82) is 0 Å². The van der Waals surface area contributed by atoms with E-state index >= 15 is 0 Å². The summed E-state index contributed by atoms with van der Waals surface area (Å²) in [7, 11) is 0. The molecular weight excluding hydrogens is 743 g/mol. The second-order valence-electron chi connectivity index (χ2n) is 15.8. The van der Waals surface area contributed by atoms with Crippen molar-refractivity contribution >= 4 is 76.3 Å². The topological polar surface area (TPSA) is 40.6 Å². The van der Waals surface area contributed by atoms with Crippen LogP contribution in [0.2, 0.25) is 0 Å². The third kappa shape index (κ3) is 5.08. The number of rotatable bonds is 5. The molecule has 0 unspecified atom stereocenters. The van der Waals surface area contributed by atoms with Crippen LogP contribution in [0.1, 0.15) is 0 Å². The molecule has 0 aliphatic rings. The van der Waals surface area contributed by atoms with Gasteiger partial charge in [-0.3, -0.25) is 4.57 Å². The number of hydrogen-bond donors (Lipinski definition) is 0. The first-order valence-electron chi connectivity index (χ1n) is 20.8. The van der Waals surface area contributed by atoms with E-state index in [4.69, 9.17) is 9.97 Å². The second kappa shape index (κ2) is 13.1. The van der Waals surface area contributed by atoms with Crippen LogP contribution >= 0.6 is 0 Å². The minimum atomic E-state index is 0.653. The molecule has 4 aromatic heterocycles. The van der Waals surface area contributed by atoms with Crippen LogP contribution in [0, 0.1) is 0 Å². The predicted octanol–water partition coefficient (Wildman–Crippen LogP) is 14.3. The second-order valence-corrected chi connectivity index (χ2v) is 15.8. The maximum Gasteiger partial charge on any atom is 0.235 e. The summed E-state index contributed by atoms with van der Waals surface area (Å²) in [6, 6.07) is 76.2. The van der Waals surface area contributed by atoms with Crippen molar-refractivity contribution in [2.45, 2.75) is 0 Å². The largest absolute Gasteiger partial charge is 0.309 e. The van der Waals surface area contributed by atoms with Gasteiger partial charge in [0.25, 0.3) is 0 Å². The lowest BCUT2D eigenvalue weighted by Gasteiger charge is -2.12. The lowest BCUT2D eigenvalue weighted by atomic mass is 10.0. The highest BCUT2D eigenvalue weighted by molar-refractivity contribution is 6.14. The van der Waals surface area contributed by atoms with E-state index in [0.29, 0.717) is 5.95 Å². The number of aromatic nitrogens is 5. The average Bonchev–Trinajstić information content (AvgIpc) is 3.96. The number of fused-ring (bicyclic) bond motifs is 10. The van der Waals surface area contributed by atoms with Crippen molar-refractivity contribution in [3.05, 3.63) is 212 Å². The van der Waals surface area contributed by atoms with Gasteiger partial charge < -0.3 is 9.13 Å². The summed E-state index contributed by atoms with van der Waals surface area (Å²) in [5.74, 6) is 0.653. The lowest BCUT2D eigenvalue weighted by Crippen LogP contribution is -2.03. The van der Waals surface area contributed by atoms with Crippen LogP contribution in [0.25, 0.3) is 116 Å². The van der Waals surface area contributed by atoms with Gasteiger partial charge in [-0.15, -0.1) is 0 Å². The van der Waals surface area contributed by atoms with Crippen molar-refractivity contribution < 1.29 is 0 Å². The highest BCUT2D eigenvalue weighted by atomic mass is 15.2. The summed E-state index contributed by atoms with van der Waals surface area (Å²) in [4.78, 5) is 10.6. The zero-order chi connectivity index (χ0) is 40.0. The number of benzene rings is 9. The van der Waals surface area contributed by atoms with Crippen LogP contribution in [0.15, 0.2) is 212 Å². The van der Waals surface area contributed by atoms with Gasteiger partial charge in [0.1, 0.15) is 0 Å². The van der Waals surface area contributed by atoms with E-state index in [1.165, 1.54) is 43.5 Å². The van der Waals surface area contributed by atoms with Crippen LogP contribution in [0.3, 0.4) is 0 Å². The molecule has 0 fully saturated rings. The van der Waals surface area contributed by atoms with Crippen LogP contribution in [0.5, 0.6) is 0 Å². The Balaban J connectivity index is 1.04. The normalized spacial score (nSPS) is 11.9. The molecule has 0 aliphatic heterocycles. The zero-order valence-electron chi connectivity index (χ0n) is 32.9. The molecule has 284 valence electrons. The van der Waals surface area contributed by atoms with Gasteiger partial charge in [-0.25, -0.2) is 9.97 Å². The predicted molar refractivity (Wildman–Crippen MR) is 253 cm³/mol. The van der Waals surface area contributed by atoms with Crippen molar-refractivity contribution in [3.63, 3.8) is 0 Å². The molecule has 13 rings (SSSR count). The first-order valence-corrected chi connectivity index (χ1v) is 20.8. The quantitative estimate of drug-likeness (QED) is 0.175. The maximum absolute atomic E-state index is 5.34. The molecule has 0 saturated carbocycles. The van der Waals surface area contributed by atoms with Crippen LogP contribution in [0.4, 0.5) is 0 Å². The third-order valence-corrected chi connectivity index (χ3v) is 12.4. The van der Waals surface area contributed by atoms with E-state index in [2.05, 4.69) is 220 Å². The molecule has 0 aliphatic carbocycles. The standard InChI is InChI=1S/C56H35N5/c1-3-15-36(16-4-1)55-45-22-7-11-23-48(45)57-56(58-55)61-51-26-14-10-21-43(51)44-30-27-38(34-54(44)61)37-28-31-52-46(33-37)47-35-40(29-32-53(47)59(52)39-17-5-2-6-18-39)60-49-24-12-8-19-41(49)42-20-9-13-25-50(42)60/h1-35H. The van der Waals surface area contributed by atoms with Crippen molar-refractivity contribution in [2.24, 2.45) is 0 Å². The summed E-state index contributed by atoms with van der Waals surface area (Å²) >= 11 is 0. The van der Waals surface area contributed by atoms with Crippen LogP contribution < -0.4 is 0 Å². The molecule has 0 bridgehead atoms. The summed E-state index contributed by atoms with van der Waals surface area (Å²) < 4.78 is 7.04. The lowest BCUT2D eigenvalue weighted by molar-refractivity contribution is 1.01. The molecule has 0 amide bonds. The Labute approximate surface area is 350 Å². The van der Waals surface area contributed by atoms with E-state index in [9.17, 15) is 0 Å². The first kappa shape index (κ1) is 33.7. The summed E-state index contributed by atoms with van der Waals surface area (Å²) in [6.07, 6.45) is 0. The Morgan fingerprint density at radius 2 is 0.754 bits per heavy atom. The minimum absolute atomic E-state index is 0.653. The van der Waals surface area contributed by atoms with E-state index in [1.54, 1.807) is 0 Å². The van der Waals surface area contributed by atoms with Crippen LogP contribution in [-0.4, -0.2) is 23.7 Å². The molecule has 0 radical (unpaired) electrons. The van der Waals surface area contributed by atoms with Gasteiger partial charge in [-0.05, 0) is 83.9 Å². The van der Waals surface area contributed by atoms with Gasteiger partial charge in [-0.1, -0.05) is 140 Å². The molecule has 4 heterocycles. The van der Waals surface area contributed by atoms with E-state index < -0.39 is 0 Å². The van der Waals surface area contributed by atoms with Gasteiger partial charge in [0.15, 0.2) is 0 Å². The van der Waals surface area contributed by atoms with Crippen molar-refractivity contribution in [2.75, 3.05) is 0 Å². The Kier molecular flexibility index (Phi) is 7.24. The molecule has 61 heavy (non-hydrogen) atoms. The third-order valence-electron chi connectivity index (χ3n) is 12.4. The molecule has 0 spiro atoms. The molecule has 13 aromatic rings. The Hall–Kier alpha value is -8.28. The zero-order valence-corrected chi connectivity index (χ0v) is 32.9. The van der Waals surface area contributed by atoms with Gasteiger partial charge in [0.2, 0.25) is 5.95 Å². The monoisotopic (exact) mass is 777 g/mol. The van der Waals surface area contributed by atoms with E-state index in [-0.39, 0.29) is 0 Å². The molecule has 0 saturated heterocycles. The number of nitrogens with zero attached hydrogens (tertiary/aromatic N) is 5. The summed E-state index contributed by atoms with van der Waals surface area (Å²) in [6.45, 7) is 0. The highest BCUT2D eigenvalue weighted by Gasteiger charge is 2.20. The minimum Gasteiger partial charge on any atom is -0.309 e. The molecular formula is C56H35N5. The Bertz CT molecular complexity index is 3820. The Morgan fingerprint density at radius 3 is 1.46 bits per heavy atom. The van der Waals surface area contributed by atoms with E-state index in [0.717, 1.165) is 66.6 Å². The fraction of sp³-hybridized carbons (Fsp3) is 0. The average molecular weight is 778 g/mol. The summed E-state index contributed by atoms with van der Waals surface area (Å²) in [5, 5.41) is 8.27. The van der Waals surface area contributed by atoms with Gasteiger partial charge in [0.05, 0.1) is 44.3 Å². The van der Waals surface area contributed by atoms with Crippen molar-refractivity contribution in [3.8, 4) is 39.7 Å². The highest BCUT2D eigenvalue weighted by Crippen LogP contribution is 2.40. The van der Waals surface area contributed by atoms with Gasteiger partial charge in [0, 0.05) is 54.6 Å². The number of para-hydroxylation sites is 5. The fourth-order valence-electron chi connectivity index (χ4n) is 9.73. The smallest absolute Gasteiger partial charge is 0.235 e. The molecule has 5 nitrogen and oxygen atoms in total. The molecule has 5 heteroatoms. The fourth-order valence-corrected chi connectivity index (χ4v) is 9.73. The summed E-state index contributed by atoms with van der Waals surface area (Å²) in [5.41, 5.74) is 14.3. The maximum atomic E-state index is 5.34. The van der Waals surface area contributed by atoms with Crippen LogP contribution in [-0.2, 0) is 0 Å². The molecule has 9 aromatic carbocycles. The van der Waals surface area contributed by atoms with E-state index in [1.807, 2.05) is 6.07 Å². The van der Waals surface area contributed by atoms with Gasteiger partial charge >= 0.3 is 0 Å². The molecule has 0 N–H and O–H groups in total. The SMILES string of the molecule is c1ccc(-c2nc(-n3c4ccccc4c4ccc(-c5ccc6c(c5)c5cc(-n7c8ccccc8c8ccccc87)ccc5n6-c5ccccc5)cc43)nc3ccccc23)cc1. The van der Waals surface area contributed by atoms with Crippen molar-refractivity contribution in [1.82, 2.24) is 23.7 Å². The Morgan fingerprint density at radius 1 is 0.262 bits per heavy atom.